The highest BCUT2D eigenvalue weighted by molar-refractivity contribution is 6.30. The van der Waals surface area contributed by atoms with E-state index in [4.69, 9.17) is 11.6 Å². The molecule has 1 rings (SSSR count). The summed E-state index contributed by atoms with van der Waals surface area (Å²) in [7, 11) is 0. The van der Waals surface area contributed by atoms with Crippen LogP contribution in [0.4, 0.5) is 5.69 Å². The van der Waals surface area contributed by atoms with E-state index < -0.39 is 0 Å². The summed E-state index contributed by atoms with van der Waals surface area (Å²) in [6.45, 7) is 5.58. The molecular formula is C9H9ClNO+. The van der Waals surface area contributed by atoms with Gasteiger partial charge in [0.15, 0.2) is 0 Å². The predicted octanol–water partition coefficient (Wildman–Crippen LogP) is 1.85. The predicted molar refractivity (Wildman–Crippen MR) is 50.1 cm³/mol. The topological polar surface area (TPSA) is 31.0 Å². The minimum absolute atomic E-state index is 0.468. The summed E-state index contributed by atoms with van der Waals surface area (Å²) in [5, 5.41) is 2.36. The van der Waals surface area contributed by atoms with Gasteiger partial charge in [0, 0.05) is 21.2 Å². The van der Waals surface area contributed by atoms with Crippen molar-refractivity contribution in [1.82, 2.24) is 0 Å². The second kappa shape index (κ2) is 3.50. The number of nitroso groups, excluding NO2 is 1. The second-order valence-corrected chi connectivity index (χ2v) is 3.01. The summed E-state index contributed by atoms with van der Waals surface area (Å²) in [6, 6.07) is 5.08. The maximum Gasteiger partial charge on any atom is 0.262 e. The molecule has 12 heavy (non-hydrogen) atoms. The van der Waals surface area contributed by atoms with Gasteiger partial charge < -0.3 is 0 Å². The fourth-order valence-electron chi connectivity index (χ4n) is 0.973. The highest BCUT2D eigenvalue weighted by Gasteiger charge is 2.08. The van der Waals surface area contributed by atoms with Crippen molar-refractivity contribution in [3.63, 3.8) is 0 Å². The summed E-state index contributed by atoms with van der Waals surface area (Å²) < 4.78 is 0. The zero-order valence-electron chi connectivity index (χ0n) is 6.73. The average Bonchev–Trinajstić information content (AvgIpc) is 2.03. The molecule has 0 atom stereocenters. The van der Waals surface area contributed by atoms with Crippen molar-refractivity contribution in [2.24, 2.45) is 0 Å². The van der Waals surface area contributed by atoms with Crippen molar-refractivity contribution in [3.05, 3.63) is 40.3 Å². The molecule has 0 aliphatic carbocycles. The normalized spacial score (nSPS) is 9.50. The summed E-state index contributed by atoms with van der Waals surface area (Å²) in [5.74, 6) is 0. The second-order valence-electron chi connectivity index (χ2n) is 2.57. The van der Waals surface area contributed by atoms with Crippen LogP contribution in [0.3, 0.4) is 0 Å². The summed E-state index contributed by atoms with van der Waals surface area (Å²) >= 11 is 5.69. The van der Waals surface area contributed by atoms with E-state index >= 15 is 0 Å². The van der Waals surface area contributed by atoms with E-state index in [-0.39, 0.29) is 0 Å². The number of halogens is 1. The van der Waals surface area contributed by atoms with Gasteiger partial charge in [-0.3, -0.25) is 0 Å². The fourth-order valence-corrected chi connectivity index (χ4v) is 1.15. The molecule has 0 saturated heterocycles. The van der Waals surface area contributed by atoms with Crippen molar-refractivity contribution in [1.29, 1.82) is 0 Å². The van der Waals surface area contributed by atoms with E-state index in [2.05, 4.69) is 6.58 Å². The monoisotopic (exact) mass is 182 g/mol. The maximum absolute atomic E-state index is 10.5. The van der Waals surface area contributed by atoms with Crippen LogP contribution in [-0.2, 0) is 0 Å². The first-order valence-corrected chi connectivity index (χ1v) is 3.86. The first-order valence-electron chi connectivity index (χ1n) is 3.48. The van der Waals surface area contributed by atoms with Gasteiger partial charge >= 0.3 is 0 Å². The average molecular weight is 183 g/mol. The van der Waals surface area contributed by atoms with Crippen LogP contribution >= 0.6 is 11.6 Å². The molecule has 0 spiro atoms. The molecule has 62 valence electrons. The number of hydrogen-bond acceptors (Lipinski definition) is 1. The largest absolute Gasteiger partial charge is 0.262 e. The molecule has 0 aliphatic rings. The number of nitrogens with one attached hydrogen (secondary N) is 1. The lowest BCUT2D eigenvalue weighted by Gasteiger charge is -1.97. The molecule has 1 aromatic rings. The molecular weight excluding hydrogens is 174 g/mol. The van der Waals surface area contributed by atoms with E-state index in [9.17, 15) is 4.91 Å². The molecule has 1 aromatic carbocycles. The van der Waals surface area contributed by atoms with E-state index in [0.29, 0.717) is 10.7 Å². The Kier molecular flexibility index (Phi) is 2.61. The third kappa shape index (κ3) is 1.71. The lowest BCUT2D eigenvalue weighted by atomic mass is 10.1. The minimum Gasteiger partial charge on any atom is -0.0953 e. The van der Waals surface area contributed by atoms with Crippen LogP contribution < -0.4 is 5.18 Å². The Hall–Kier alpha value is -1.15. The highest BCUT2D eigenvalue weighted by atomic mass is 35.5. The van der Waals surface area contributed by atoms with Gasteiger partial charge in [-0.1, -0.05) is 18.2 Å². The Balaban J connectivity index is 3.29. The zero-order valence-corrected chi connectivity index (χ0v) is 7.48. The molecule has 0 radical (unpaired) electrons. The van der Waals surface area contributed by atoms with E-state index in [1.54, 1.807) is 18.2 Å². The Bertz CT molecular complexity index is 333. The molecule has 0 aromatic heterocycles. The minimum atomic E-state index is 0.468. The maximum atomic E-state index is 10.5. The van der Waals surface area contributed by atoms with Gasteiger partial charge in [0.1, 0.15) is 0 Å². The van der Waals surface area contributed by atoms with Crippen molar-refractivity contribution < 1.29 is 5.18 Å². The van der Waals surface area contributed by atoms with Gasteiger partial charge in [0.05, 0.1) is 5.56 Å². The van der Waals surface area contributed by atoms with Crippen LogP contribution in [0.5, 0.6) is 0 Å². The summed E-state index contributed by atoms with van der Waals surface area (Å²) in [4.78, 5) is 10.5. The standard InChI is InChI=1S/C9H8ClNO/c1-6(2)8-4-3-7(10)5-9(8)11-12/h3-5H,1H2,2H3/p+1. The first-order chi connectivity index (χ1) is 5.65. The van der Waals surface area contributed by atoms with Crippen LogP contribution in [0.15, 0.2) is 24.8 Å². The molecule has 0 saturated carbocycles. The van der Waals surface area contributed by atoms with Gasteiger partial charge in [-0.25, -0.2) is 0 Å². The number of allylic oxidation sites excluding steroid dienone is 1. The highest BCUT2D eigenvalue weighted by Crippen LogP contribution is 2.21. The molecule has 0 heterocycles. The van der Waals surface area contributed by atoms with Gasteiger partial charge in [-0.05, 0) is 24.6 Å². The molecule has 0 bridgehead atoms. The number of hydrogen-bond donors (Lipinski definition) is 1. The van der Waals surface area contributed by atoms with Crippen LogP contribution in [0, 0.1) is 4.91 Å². The van der Waals surface area contributed by atoms with Crippen LogP contribution in [0.1, 0.15) is 12.5 Å². The SMILES string of the molecule is C=C(C)c1ccc(Cl)cc1[NH+]=O. The lowest BCUT2D eigenvalue weighted by molar-refractivity contribution is -0.379. The van der Waals surface area contributed by atoms with Gasteiger partial charge in [-0.2, -0.15) is 0 Å². The number of rotatable bonds is 2. The van der Waals surface area contributed by atoms with Crippen molar-refractivity contribution in [2.45, 2.75) is 6.92 Å². The molecule has 0 unspecified atom stereocenters. The van der Waals surface area contributed by atoms with Crippen molar-refractivity contribution in [3.8, 4) is 0 Å². The number of benzene rings is 1. The smallest absolute Gasteiger partial charge is 0.0953 e. The third-order valence-corrected chi connectivity index (χ3v) is 1.79. The molecule has 0 fully saturated rings. The molecule has 3 heteroatoms. The van der Waals surface area contributed by atoms with E-state index in [1.165, 1.54) is 0 Å². The van der Waals surface area contributed by atoms with E-state index in [1.807, 2.05) is 12.1 Å². The lowest BCUT2D eigenvalue weighted by Crippen LogP contribution is -2.56. The Morgan fingerprint density at radius 1 is 1.58 bits per heavy atom. The van der Waals surface area contributed by atoms with Gasteiger partial charge in [0.2, 0.25) is 0 Å². The van der Waals surface area contributed by atoms with Crippen LogP contribution in [0.25, 0.3) is 5.57 Å². The molecule has 0 amide bonds. The summed E-state index contributed by atoms with van der Waals surface area (Å²) in [6.07, 6.45) is 0. The van der Waals surface area contributed by atoms with Gasteiger partial charge in [-0.15, -0.1) is 0 Å². The first kappa shape index (κ1) is 8.94. The molecule has 2 nitrogen and oxygen atoms in total. The fraction of sp³-hybridized carbons (Fsp3) is 0.111. The van der Waals surface area contributed by atoms with Crippen LogP contribution in [-0.4, -0.2) is 0 Å². The van der Waals surface area contributed by atoms with Crippen molar-refractivity contribution in [2.75, 3.05) is 0 Å². The molecule has 0 aliphatic heterocycles. The Labute approximate surface area is 75.8 Å². The quantitative estimate of drug-likeness (QED) is 0.744. The summed E-state index contributed by atoms with van der Waals surface area (Å²) in [5.41, 5.74) is 2.11. The zero-order chi connectivity index (χ0) is 9.14. The van der Waals surface area contributed by atoms with Gasteiger partial charge in [0.25, 0.3) is 5.69 Å². The van der Waals surface area contributed by atoms with Crippen molar-refractivity contribution >= 4 is 22.9 Å². The Morgan fingerprint density at radius 2 is 2.25 bits per heavy atom. The molecule has 1 N–H and O–H groups in total. The Morgan fingerprint density at radius 3 is 2.75 bits per heavy atom. The van der Waals surface area contributed by atoms with Crippen LogP contribution in [0.2, 0.25) is 5.02 Å². The van der Waals surface area contributed by atoms with E-state index in [0.717, 1.165) is 11.1 Å². The third-order valence-electron chi connectivity index (χ3n) is 1.55.